The van der Waals surface area contributed by atoms with Gasteiger partial charge in [0.25, 0.3) is 0 Å². The number of oxazole rings is 1. The third-order valence-electron chi connectivity index (χ3n) is 3.81. The van der Waals surface area contributed by atoms with Crippen LogP contribution in [0.3, 0.4) is 0 Å². The molecule has 0 bridgehead atoms. The lowest BCUT2D eigenvalue weighted by atomic mass is 10.1. The number of fused-ring (bicyclic) bond motifs is 1. The molecule has 4 heteroatoms. The summed E-state index contributed by atoms with van der Waals surface area (Å²) < 4.78 is 5.68. The molecule has 0 radical (unpaired) electrons. The van der Waals surface area contributed by atoms with E-state index in [1.807, 2.05) is 11.3 Å². The van der Waals surface area contributed by atoms with Crippen LogP contribution in [0.25, 0.3) is 10.8 Å². The molecule has 2 aromatic rings. The monoisotopic (exact) mass is 304 g/mol. The summed E-state index contributed by atoms with van der Waals surface area (Å²) in [5, 5.41) is 3.44. The molecule has 1 aliphatic carbocycles. The number of hydrogen-bond acceptors (Lipinski definition) is 4. The van der Waals surface area contributed by atoms with Gasteiger partial charge in [-0.15, -0.1) is 11.3 Å². The van der Waals surface area contributed by atoms with E-state index in [1.54, 1.807) is 6.26 Å². The second-order valence-electron chi connectivity index (χ2n) is 6.87. The number of hydrogen-bond donors (Lipinski definition) is 1. The number of rotatable bonds is 3. The van der Waals surface area contributed by atoms with Crippen LogP contribution in [0.15, 0.2) is 16.7 Å². The van der Waals surface area contributed by atoms with Crippen LogP contribution in [0, 0.1) is 0 Å². The molecule has 114 valence electrons. The Kier molecular flexibility index (Phi) is 4.18. The smallest absolute Gasteiger partial charge is 0.236 e. The first-order chi connectivity index (χ1) is 10.0. The molecule has 0 saturated heterocycles. The summed E-state index contributed by atoms with van der Waals surface area (Å²) in [5.74, 6) is 0.777. The first-order valence-corrected chi connectivity index (χ1v) is 8.64. The maximum Gasteiger partial charge on any atom is 0.236 e. The molecule has 1 aliphatic rings. The van der Waals surface area contributed by atoms with E-state index < -0.39 is 0 Å². The Morgan fingerprint density at radius 1 is 1.24 bits per heavy atom. The molecular formula is C17H24N2OS. The summed E-state index contributed by atoms with van der Waals surface area (Å²) in [6, 6.07) is 2.29. The zero-order chi connectivity index (χ0) is 14.9. The lowest BCUT2D eigenvalue weighted by Gasteiger charge is -2.19. The van der Waals surface area contributed by atoms with Crippen molar-refractivity contribution in [2.45, 2.75) is 65.0 Å². The van der Waals surface area contributed by atoms with Gasteiger partial charge in [0, 0.05) is 17.0 Å². The molecule has 0 aromatic carbocycles. The van der Waals surface area contributed by atoms with Gasteiger partial charge in [0.05, 0.1) is 10.6 Å². The van der Waals surface area contributed by atoms with Crippen LogP contribution in [0.5, 0.6) is 0 Å². The molecule has 2 heterocycles. The van der Waals surface area contributed by atoms with E-state index >= 15 is 0 Å². The topological polar surface area (TPSA) is 38.1 Å². The summed E-state index contributed by atoms with van der Waals surface area (Å²) in [7, 11) is 0. The van der Waals surface area contributed by atoms with Crippen LogP contribution < -0.4 is 5.32 Å². The Balaban J connectivity index is 1.74. The van der Waals surface area contributed by atoms with Crippen molar-refractivity contribution in [3.63, 3.8) is 0 Å². The van der Waals surface area contributed by atoms with E-state index in [1.165, 1.54) is 47.4 Å². The van der Waals surface area contributed by atoms with Crippen molar-refractivity contribution < 1.29 is 4.42 Å². The molecule has 0 aliphatic heterocycles. The van der Waals surface area contributed by atoms with Crippen molar-refractivity contribution in [1.82, 2.24) is 10.3 Å². The first kappa shape index (κ1) is 14.8. The molecule has 0 unspecified atom stereocenters. The molecule has 0 amide bonds. The molecule has 3 rings (SSSR count). The predicted molar refractivity (Wildman–Crippen MR) is 87.7 cm³/mol. The third kappa shape index (κ3) is 3.74. The van der Waals surface area contributed by atoms with E-state index in [-0.39, 0.29) is 5.54 Å². The van der Waals surface area contributed by atoms with Crippen LogP contribution >= 0.6 is 11.3 Å². The largest absolute Gasteiger partial charge is 0.444 e. The minimum Gasteiger partial charge on any atom is -0.444 e. The highest BCUT2D eigenvalue weighted by atomic mass is 32.1. The summed E-state index contributed by atoms with van der Waals surface area (Å²) in [6.45, 7) is 7.22. The average Bonchev–Trinajstić information content (AvgIpc) is 2.98. The van der Waals surface area contributed by atoms with E-state index in [0.29, 0.717) is 0 Å². The van der Waals surface area contributed by atoms with Gasteiger partial charge < -0.3 is 9.73 Å². The molecule has 0 fully saturated rings. The molecule has 21 heavy (non-hydrogen) atoms. The van der Waals surface area contributed by atoms with Gasteiger partial charge in [0.1, 0.15) is 6.26 Å². The Morgan fingerprint density at radius 2 is 2.05 bits per heavy atom. The molecule has 1 N–H and O–H groups in total. The van der Waals surface area contributed by atoms with Gasteiger partial charge in [-0.2, -0.15) is 0 Å². The average molecular weight is 304 g/mol. The highest BCUT2D eigenvalue weighted by molar-refractivity contribution is 7.15. The molecule has 3 nitrogen and oxygen atoms in total. The van der Waals surface area contributed by atoms with Crippen molar-refractivity contribution in [3.05, 3.63) is 28.5 Å². The van der Waals surface area contributed by atoms with Gasteiger partial charge in [-0.05, 0) is 58.1 Å². The van der Waals surface area contributed by atoms with Crippen molar-refractivity contribution >= 4 is 11.3 Å². The Morgan fingerprint density at radius 3 is 2.86 bits per heavy atom. The van der Waals surface area contributed by atoms with Gasteiger partial charge >= 0.3 is 0 Å². The number of nitrogens with one attached hydrogen (secondary N) is 1. The summed E-state index contributed by atoms with van der Waals surface area (Å²) in [4.78, 5) is 7.35. The van der Waals surface area contributed by atoms with Crippen LogP contribution in [-0.2, 0) is 19.4 Å². The van der Waals surface area contributed by atoms with Crippen molar-refractivity contribution in [3.8, 4) is 10.8 Å². The molecule has 0 atom stereocenters. The maximum absolute atomic E-state index is 5.68. The highest BCUT2D eigenvalue weighted by Crippen LogP contribution is 2.34. The SMILES string of the molecule is CC(C)(C)NCc1coc(-c2cc3c(s2)CCCCC3)n1. The first-order valence-electron chi connectivity index (χ1n) is 7.83. The van der Waals surface area contributed by atoms with Crippen molar-refractivity contribution in [1.29, 1.82) is 0 Å². The van der Waals surface area contributed by atoms with Crippen molar-refractivity contribution in [2.24, 2.45) is 0 Å². The maximum atomic E-state index is 5.68. The zero-order valence-electron chi connectivity index (χ0n) is 13.2. The lowest BCUT2D eigenvalue weighted by molar-refractivity contribution is 0.421. The lowest BCUT2D eigenvalue weighted by Crippen LogP contribution is -2.35. The molecule has 2 aromatic heterocycles. The highest BCUT2D eigenvalue weighted by Gasteiger charge is 2.17. The summed E-state index contributed by atoms with van der Waals surface area (Å²) in [5.41, 5.74) is 2.59. The third-order valence-corrected chi connectivity index (χ3v) is 5.03. The fourth-order valence-electron chi connectivity index (χ4n) is 2.63. The summed E-state index contributed by atoms with van der Waals surface area (Å²) >= 11 is 1.86. The quantitative estimate of drug-likeness (QED) is 0.845. The molecular weight excluding hydrogens is 280 g/mol. The van der Waals surface area contributed by atoms with E-state index in [2.05, 4.69) is 37.1 Å². The predicted octanol–water partition coefficient (Wildman–Crippen LogP) is 4.56. The van der Waals surface area contributed by atoms with Gasteiger partial charge in [0.2, 0.25) is 5.89 Å². The molecule has 0 saturated carbocycles. The Bertz CT molecular complexity index is 583. The fourth-order valence-corrected chi connectivity index (χ4v) is 3.82. The fraction of sp³-hybridized carbons (Fsp3) is 0.588. The Hall–Kier alpha value is -1.13. The number of aromatic nitrogens is 1. The van der Waals surface area contributed by atoms with E-state index in [9.17, 15) is 0 Å². The number of thiophene rings is 1. The zero-order valence-corrected chi connectivity index (χ0v) is 14.0. The standard InChI is InChI=1S/C17H24N2OS/c1-17(2,3)18-10-13-11-20-16(19-13)15-9-12-7-5-4-6-8-14(12)21-15/h9,11,18H,4-8,10H2,1-3H3. The Labute approximate surface area is 130 Å². The van der Waals surface area contributed by atoms with Crippen LogP contribution in [0.4, 0.5) is 0 Å². The van der Waals surface area contributed by atoms with E-state index in [4.69, 9.17) is 4.42 Å². The second-order valence-corrected chi connectivity index (χ2v) is 8.00. The second kappa shape index (κ2) is 5.93. The minimum absolute atomic E-state index is 0.0966. The van der Waals surface area contributed by atoms with Crippen LogP contribution in [0.1, 0.15) is 56.2 Å². The summed E-state index contributed by atoms with van der Waals surface area (Å²) in [6.07, 6.45) is 8.20. The van der Waals surface area contributed by atoms with Gasteiger partial charge in [-0.3, -0.25) is 0 Å². The van der Waals surface area contributed by atoms with Gasteiger partial charge in [-0.1, -0.05) is 6.42 Å². The van der Waals surface area contributed by atoms with Crippen LogP contribution in [0.2, 0.25) is 0 Å². The van der Waals surface area contributed by atoms with Crippen LogP contribution in [-0.4, -0.2) is 10.5 Å². The normalized spacial score (nSPS) is 15.8. The number of aryl methyl sites for hydroxylation is 2. The van der Waals surface area contributed by atoms with Gasteiger partial charge in [0.15, 0.2) is 0 Å². The number of nitrogens with zero attached hydrogens (tertiary/aromatic N) is 1. The van der Waals surface area contributed by atoms with Crippen molar-refractivity contribution in [2.75, 3.05) is 0 Å². The van der Waals surface area contributed by atoms with E-state index in [0.717, 1.165) is 18.1 Å². The van der Waals surface area contributed by atoms with Gasteiger partial charge in [-0.25, -0.2) is 4.98 Å². The molecule has 0 spiro atoms. The minimum atomic E-state index is 0.0966.